The number of rotatable bonds is 7. The molecule has 2 aliphatic carbocycles. The molecule has 0 aliphatic heterocycles. The predicted octanol–water partition coefficient (Wildman–Crippen LogP) is 5.52. The van der Waals surface area contributed by atoms with Crippen molar-refractivity contribution in [1.82, 2.24) is 0 Å². The van der Waals surface area contributed by atoms with Crippen molar-refractivity contribution in [3.8, 4) is 16.9 Å². The van der Waals surface area contributed by atoms with Crippen LogP contribution in [-0.4, -0.2) is 26.6 Å². The van der Waals surface area contributed by atoms with E-state index in [1.807, 2.05) is 6.92 Å². The molecular weight excluding hydrogens is 320 g/mol. The molecule has 0 saturated carbocycles. The lowest BCUT2D eigenvalue weighted by molar-refractivity contribution is -0.137. The number of thiophene rings is 1. The minimum atomic E-state index is -0.350. The van der Waals surface area contributed by atoms with Crippen LogP contribution in [0.25, 0.3) is 21.2 Å². The maximum absolute atomic E-state index is 6.14. The van der Waals surface area contributed by atoms with Crippen molar-refractivity contribution in [2.24, 2.45) is 0 Å². The van der Waals surface area contributed by atoms with Crippen LogP contribution < -0.4 is 4.74 Å². The third-order valence-corrected chi connectivity index (χ3v) is 5.17. The number of hydrogen-bond acceptors (Lipinski definition) is 4. The van der Waals surface area contributed by atoms with Gasteiger partial charge in [-0.2, -0.15) is 0 Å². The molecule has 4 heteroatoms. The van der Waals surface area contributed by atoms with Gasteiger partial charge in [0, 0.05) is 34.9 Å². The highest BCUT2D eigenvalue weighted by atomic mass is 32.1. The Morgan fingerprint density at radius 3 is 2.46 bits per heavy atom. The van der Waals surface area contributed by atoms with E-state index in [1.165, 1.54) is 21.2 Å². The second kappa shape index (κ2) is 7.51. The summed E-state index contributed by atoms with van der Waals surface area (Å²) in [5.74, 6) is 1.43. The van der Waals surface area contributed by atoms with E-state index in [2.05, 4.69) is 49.6 Å². The van der Waals surface area contributed by atoms with Crippen molar-refractivity contribution in [1.29, 1.82) is 0 Å². The summed E-state index contributed by atoms with van der Waals surface area (Å²) < 4.78 is 18.2. The zero-order chi connectivity index (χ0) is 17.1. The van der Waals surface area contributed by atoms with Crippen molar-refractivity contribution in [2.45, 2.75) is 33.0 Å². The van der Waals surface area contributed by atoms with Gasteiger partial charge in [0.15, 0.2) is 6.29 Å². The Labute approximate surface area is 147 Å². The van der Waals surface area contributed by atoms with Gasteiger partial charge in [-0.25, -0.2) is 0 Å². The van der Waals surface area contributed by atoms with Gasteiger partial charge in [-0.1, -0.05) is 38.1 Å². The van der Waals surface area contributed by atoms with Gasteiger partial charge in [-0.15, -0.1) is 11.3 Å². The van der Waals surface area contributed by atoms with Crippen LogP contribution in [0.3, 0.4) is 0 Å². The summed E-state index contributed by atoms with van der Waals surface area (Å²) in [7, 11) is 1.64. The van der Waals surface area contributed by atoms with Crippen LogP contribution >= 0.6 is 11.3 Å². The van der Waals surface area contributed by atoms with Gasteiger partial charge in [-0.3, -0.25) is 0 Å². The molecule has 1 atom stereocenters. The van der Waals surface area contributed by atoms with E-state index in [-0.39, 0.29) is 6.29 Å². The lowest BCUT2D eigenvalue weighted by atomic mass is 10.1. The zero-order valence-electron chi connectivity index (χ0n) is 14.7. The average Bonchev–Trinajstić information content (AvgIpc) is 3.06. The van der Waals surface area contributed by atoms with Gasteiger partial charge >= 0.3 is 0 Å². The molecule has 0 bridgehead atoms. The molecular formula is C20H24O3S. The second-order valence-electron chi connectivity index (χ2n) is 6.07. The number of fused-ring (bicyclic) bond motifs is 3. The minimum absolute atomic E-state index is 0.350. The van der Waals surface area contributed by atoms with Crippen molar-refractivity contribution < 1.29 is 14.2 Å². The summed E-state index contributed by atoms with van der Waals surface area (Å²) >= 11 is 1.76. The average molecular weight is 344 g/mol. The Bertz CT molecular complexity index is 778. The van der Waals surface area contributed by atoms with E-state index in [0.29, 0.717) is 19.1 Å². The molecule has 1 unspecified atom stereocenters. The van der Waals surface area contributed by atoms with Gasteiger partial charge in [0.1, 0.15) is 12.4 Å². The van der Waals surface area contributed by atoms with Crippen LogP contribution in [0.1, 0.15) is 32.3 Å². The monoisotopic (exact) mass is 344 g/mol. The van der Waals surface area contributed by atoms with Gasteiger partial charge in [-0.05, 0) is 29.9 Å². The second-order valence-corrected chi connectivity index (χ2v) is 6.99. The summed E-state index contributed by atoms with van der Waals surface area (Å²) in [6.07, 6.45) is -0.350. The van der Waals surface area contributed by atoms with Crippen molar-refractivity contribution in [3.63, 3.8) is 0 Å². The Balaban J connectivity index is 2.00. The molecule has 1 heterocycles. The predicted molar refractivity (Wildman–Crippen MR) is 100 cm³/mol. The molecule has 3 rings (SSSR count). The van der Waals surface area contributed by atoms with E-state index >= 15 is 0 Å². The largest absolute Gasteiger partial charge is 0.487 e. The fourth-order valence-corrected chi connectivity index (χ4v) is 3.83. The Morgan fingerprint density at radius 1 is 1.04 bits per heavy atom. The first-order valence-electron chi connectivity index (χ1n) is 8.35. The molecule has 0 amide bonds. The normalized spacial score (nSPS) is 13.0. The van der Waals surface area contributed by atoms with Gasteiger partial charge in [0.05, 0.1) is 0 Å². The quantitative estimate of drug-likeness (QED) is 0.528. The Kier molecular flexibility index (Phi) is 5.39. The van der Waals surface area contributed by atoms with Crippen LogP contribution in [0.5, 0.6) is 5.75 Å². The molecule has 0 N–H and O–H groups in total. The van der Waals surface area contributed by atoms with E-state index in [9.17, 15) is 0 Å². The molecule has 3 nitrogen and oxygen atoms in total. The van der Waals surface area contributed by atoms with Crippen LogP contribution in [0.2, 0.25) is 0 Å². The standard InChI is InChI=1S/C20H24O3S/c1-5-22-18(21-4)12-23-19-15-8-6-14(13(2)3)7-9-16(15)20-17(19)10-11-24-20/h6-11,13,18H,5,12H2,1-4H3. The Morgan fingerprint density at radius 2 is 1.79 bits per heavy atom. The third kappa shape index (κ3) is 3.27. The molecule has 0 aromatic carbocycles. The SMILES string of the molecule is CCOC(COc1c2ccc(C(C)C)ccc-2c2sccc12)OC. The highest BCUT2D eigenvalue weighted by Gasteiger charge is 2.20. The molecule has 24 heavy (non-hydrogen) atoms. The van der Waals surface area contributed by atoms with E-state index < -0.39 is 0 Å². The molecule has 2 aliphatic rings. The van der Waals surface area contributed by atoms with Crippen LogP contribution in [0.4, 0.5) is 0 Å². The van der Waals surface area contributed by atoms with Gasteiger partial charge in [0.25, 0.3) is 0 Å². The topological polar surface area (TPSA) is 27.7 Å². The summed E-state index contributed by atoms with van der Waals surface area (Å²) in [5.41, 5.74) is 3.72. The summed E-state index contributed by atoms with van der Waals surface area (Å²) in [4.78, 5) is 0. The smallest absolute Gasteiger partial charge is 0.191 e. The van der Waals surface area contributed by atoms with Crippen molar-refractivity contribution in [3.05, 3.63) is 41.3 Å². The molecule has 0 fully saturated rings. The zero-order valence-corrected chi connectivity index (χ0v) is 15.5. The summed E-state index contributed by atoms with van der Waals surface area (Å²) in [6, 6.07) is 10.9. The molecule has 128 valence electrons. The van der Waals surface area contributed by atoms with Gasteiger partial charge in [0.2, 0.25) is 0 Å². The lowest BCUT2D eigenvalue weighted by Gasteiger charge is -2.16. The molecule has 0 spiro atoms. The van der Waals surface area contributed by atoms with Crippen LogP contribution in [0, 0.1) is 0 Å². The van der Waals surface area contributed by atoms with E-state index in [1.54, 1.807) is 18.4 Å². The number of hydrogen-bond donors (Lipinski definition) is 0. The molecule has 0 radical (unpaired) electrons. The first-order valence-corrected chi connectivity index (χ1v) is 9.23. The highest BCUT2D eigenvalue weighted by Crippen LogP contribution is 2.47. The molecule has 0 saturated heterocycles. The summed E-state index contributed by atoms with van der Waals surface area (Å²) in [6.45, 7) is 7.36. The third-order valence-electron chi connectivity index (χ3n) is 4.22. The van der Waals surface area contributed by atoms with Gasteiger partial charge < -0.3 is 14.2 Å². The summed E-state index contributed by atoms with van der Waals surface area (Å²) in [5, 5.41) is 3.28. The fraction of sp³-hybridized carbons (Fsp3) is 0.400. The number of ether oxygens (including phenoxy) is 3. The maximum atomic E-state index is 6.14. The van der Waals surface area contributed by atoms with Crippen molar-refractivity contribution in [2.75, 3.05) is 20.3 Å². The minimum Gasteiger partial charge on any atom is -0.487 e. The number of methoxy groups -OCH3 is 1. The highest BCUT2D eigenvalue weighted by molar-refractivity contribution is 7.18. The first kappa shape index (κ1) is 17.2. The fourth-order valence-electron chi connectivity index (χ4n) is 2.89. The van der Waals surface area contributed by atoms with Crippen LogP contribution in [0.15, 0.2) is 35.7 Å². The van der Waals surface area contributed by atoms with Crippen LogP contribution in [-0.2, 0) is 9.47 Å². The maximum Gasteiger partial charge on any atom is 0.191 e. The first-order chi connectivity index (χ1) is 11.7. The van der Waals surface area contributed by atoms with Crippen molar-refractivity contribution >= 4 is 21.4 Å². The molecule has 1 aromatic rings. The molecule has 1 aromatic heterocycles. The van der Waals surface area contributed by atoms with E-state index in [4.69, 9.17) is 14.2 Å². The lowest BCUT2D eigenvalue weighted by Crippen LogP contribution is -2.23. The Hall–Kier alpha value is -1.62. The van der Waals surface area contributed by atoms with E-state index in [0.717, 1.165) is 11.3 Å².